The van der Waals surface area contributed by atoms with E-state index in [1.54, 1.807) is 0 Å². The topological polar surface area (TPSA) is 45.7 Å². The van der Waals surface area contributed by atoms with Gasteiger partial charge in [-0.3, -0.25) is 4.79 Å². The Kier molecular flexibility index (Phi) is 5.56. The largest absolute Gasteiger partial charge is 0.333 e. The molecule has 2 aromatic rings. The van der Waals surface area contributed by atoms with E-state index in [0.29, 0.717) is 6.54 Å². The van der Waals surface area contributed by atoms with E-state index in [2.05, 4.69) is 57.3 Å². The molecular weight excluding hydrogens is 284 g/mol. The molecule has 0 spiro atoms. The molecule has 0 heterocycles. The molecule has 122 valence electrons. The molecule has 0 radical (unpaired) electrons. The highest BCUT2D eigenvalue weighted by Crippen LogP contribution is 2.23. The minimum Gasteiger partial charge on any atom is -0.333 e. The number of anilines is 1. The number of rotatable bonds is 5. The first-order valence-corrected chi connectivity index (χ1v) is 8.15. The normalized spacial score (nSPS) is 12.7. The first-order valence-electron chi connectivity index (χ1n) is 8.15. The van der Waals surface area contributed by atoms with Crippen LogP contribution < -0.4 is 10.6 Å². The zero-order valence-electron chi connectivity index (χ0n) is 14.5. The quantitative estimate of drug-likeness (QED) is 0.875. The van der Waals surface area contributed by atoms with Crippen LogP contribution in [0.4, 0.5) is 5.69 Å². The highest BCUT2D eigenvalue weighted by atomic mass is 16.1. The van der Waals surface area contributed by atoms with Crippen molar-refractivity contribution >= 4 is 11.6 Å². The predicted molar refractivity (Wildman–Crippen MR) is 95.4 cm³/mol. The maximum atomic E-state index is 12.1. The number of quaternary nitrogens is 1. The molecule has 0 unspecified atom stereocenters. The van der Waals surface area contributed by atoms with Crippen molar-refractivity contribution in [2.45, 2.75) is 39.2 Å². The summed E-state index contributed by atoms with van der Waals surface area (Å²) in [5.74, 6) is 0.0243. The summed E-state index contributed by atoms with van der Waals surface area (Å²) >= 11 is 0. The Hall–Kier alpha value is -2.13. The summed E-state index contributed by atoms with van der Waals surface area (Å²) in [5.41, 5.74) is 3.47. The lowest BCUT2D eigenvalue weighted by atomic mass is 9.87. The fraction of sp³-hybridized carbons (Fsp3) is 0.350. The van der Waals surface area contributed by atoms with E-state index in [4.69, 9.17) is 0 Å². The summed E-state index contributed by atoms with van der Waals surface area (Å²) < 4.78 is 0. The number of nitrogens with one attached hydrogen (secondary N) is 1. The smallest absolute Gasteiger partial charge is 0.279 e. The van der Waals surface area contributed by atoms with Gasteiger partial charge in [0.05, 0.1) is 0 Å². The number of carbonyl (C=O) groups is 1. The number of hydrogen-bond donors (Lipinski definition) is 2. The molecule has 0 aliphatic rings. The molecule has 0 fully saturated rings. The molecule has 0 aliphatic carbocycles. The summed E-state index contributed by atoms with van der Waals surface area (Å²) in [7, 11) is 0. The Morgan fingerprint density at radius 3 is 2.22 bits per heavy atom. The lowest BCUT2D eigenvalue weighted by molar-refractivity contribution is -0.682. The fourth-order valence-electron chi connectivity index (χ4n) is 2.44. The second-order valence-electron chi connectivity index (χ2n) is 7.01. The zero-order valence-corrected chi connectivity index (χ0v) is 14.5. The van der Waals surface area contributed by atoms with Crippen molar-refractivity contribution in [3.8, 4) is 0 Å². The third-order valence-corrected chi connectivity index (χ3v) is 4.02. The Labute approximate surface area is 139 Å². The van der Waals surface area contributed by atoms with E-state index in [-0.39, 0.29) is 17.4 Å². The predicted octanol–water partition coefficient (Wildman–Crippen LogP) is 3.25. The molecule has 0 aliphatic heterocycles. The van der Waals surface area contributed by atoms with Crippen LogP contribution in [-0.2, 0) is 10.2 Å². The Morgan fingerprint density at radius 2 is 1.65 bits per heavy atom. The second-order valence-corrected chi connectivity index (χ2v) is 7.01. The van der Waals surface area contributed by atoms with Gasteiger partial charge in [-0.05, 0) is 30.0 Å². The minimum absolute atomic E-state index is 0.0243. The number of benzene rings is 2. The third kappa shape index (κ3) is 5.22. The van der Waals surface area contributed by atoms with E-state index in [9.17, 15) is 4.79 Å². The van der Waals surface area contributed by atoms with E-state index >= 15 is 0 Å². The molecule has 3 heteroatoms. The van der Waals surface area contributed by atoms with Gasteiger partial charge in [-0.25, -0.2) is 0 Å². The number of amides is 1. The standard InChI is InChI=1S/C20H26N2O/c1-15(16-8-6-5-7-9-16)21-14-19(23)22-18-12-10-17(11-13-18)20(2,3)4/h5-13,15,21H,14H2,1-4H3,(H,22,23)/p+1/t15-/m0/s1. The van der Waals surface area contributed by atoms with Gasteiger partial charge < -0.3 is 10.6 Å². The summed E-state index contributed by atoms with van der Waals surface area (Å²) in [6, 6.07) is 18.6. The van der Waals surface area contributed by atoms with Gasteiger partial charge >= 0.3 is 0 Å². The van der Waals surface area contributed by atoms with Crippen molar-refractivity contribution in [3.05, 3.63) is 65.7 Å². The molecule has 23 heavy (non-hydrogen) atoms. The van der Waals surface area contributed by atoms with Gasteiger partial charge in [0.15, 0.2) is 6.54 Å². The second kappa shape index (κ2) is 7.42. The Balaban J connectivity index is 1.85. The number of nitrogens with two attached hydrogens (primary N) is 1. The molecule has 2 aromatic carbocycles. The van der Waals surface area contributed by atoms with Crippen molar-refractivity contribution in [3.63, 3.8) is 0 Å². The van der Waals surface area contributed by atoms with Crippen molar-refractivity contribution in [2.75, 3.05) is 11.9 Å². The van der Waals surface area contributed by atoms with Crippen LogP contribution in [-0.4, -0.2) is 12.5 Å². The van der Waals surface area contributed by atoms with E-state index in [1.165, 1.54) is 11.1 Å². The van der Waals surface area contributed by atoms with Gasteiger partial charge in [-0.1, -0.05) is 63.2 Å². The molecule has 0 saturated heterocycles. The minimum atomic E-state index is 0.0243. The van der Waals surface area contributed by atoms with Gasteiger partial charge in [-0.2, -0.15) is 0 Å². The van der Waals surface area contributed by atoms with Crippen LogP contribution in [0.15, 0.2) is 54.6 Å². The summed E-state index contributed by atoms with van der Waals surface area (Å²) in [5, 5.41) is 5.01. The van der Waals surface area contributed by atoms with Gasteiger partial charge in [0.25, 0.3) is 5.91 Å². The first-order chi connectivity index (χ1) is 10.9. The summed E-state index contributed by atoms with van der Waals surface area (Å²) in [6.45, 7) is 9.07. The maximum Gasteiger partial charge on any atom is 0.279 e. The molecule has 3 nitrogen and oxygen atoms in total. The molecule has 1 amide bonds. The van der Waals surface area contributed by atoms with Crippen LogP contribution in [0.1, 0.15) is 44.9 Å². The van der Waals surface area contributed by atoms with Crippen LogP contribution in [0.25, 0.3) is 0 Å². The number of carbonyl (C=O) groups excluding carboxylic acids is 1. The molecule has 2 rings (SSSR count). The molecule has 1 atom stereocenters. The maximum absolute atomic E-state index is 12.1. The first kappa shape index (κ1) is 17.2. The van der Waals surface area contributed by atoms with E-state index in [0.717, 1.165) is 5.69 Å². The van der Waals surface area contributed by atoms with Crippen LogP contribution in [0.5, 0.6) is 0 Å². The van der Waals surface area contributed by atoms with Crippen molar-refractivity contribution < 1.29 is 10.1 Å². The van der Waals surface area contributed by atoms with Crippen LogP contribution in [0.2, 0.25) is 0 Å². The van der Waals surface area contributed by atoms with Crippen LogP contribution >= 0.6 is 0 Å². The van der Waals surface area contributed by atoms with E-state index < -0.39 is 0 Å². The molecular formula is C20H27N2O+. The van der Waals surface area contributed by atoms with Crippen LogP contribution in [0.3, 0.4) is 0 Å². The highest BCUT2D eigenvalue weighted by Gasteiger charge is 2.14. The number of hydrogen-bond acceptors (Lipinski definition) is 1. The van der Waals surface area contributed by atoms with Gasteiger partial charge in [-0.15, -0.1) is 0 Å². The van der Waals surface area contributed by atoms with Crippen molar-refractivity contribution in [1.82, 2.24) is 0 Å². The Bertz CT molecular complexity index is 627. The fourth-order valence-corrected chi connectivity index (χ4v) is 2.44. The molecule has 0 bridgehead atoms. The van der Waals surface area contributed by atoms with Gasteiger partial charge in [0.1, 0.15) is 6.04 Å². The molecule has 3 N–H and O–H groups in total. The average molecular weight is 311 g/mol. The zero-order chi connectivity index (χ0) is 16.9. The van der Waals surface area contributed by atoms with Gasteiger partial charge in [0, 0.05) is 11.3 Å². The van der Waals surface area contributed by atoms with Crippen molar-refractivity contribution in [2.24, 2.45) is 0 Å². The lowest BCUT2D eigenvalue weighted by Gasteiger charge is -2.19. The molecule has 0 aromatic heterocycles. The SMILES string of the molecule is C[C@H]([NH2+]CC(=O)Nc1ccc(C(C)(C)C)cc1)c1ccccc1. The third-order valence-electron chi connectivity index (χ3n) is 4.02. The van der Waals surface area contributed by atoms with E-state index in [1.807, 2.05) is 35.6 Å². The van der Waals surface area contributed by atoms with Gasteiger partial charge in [0.2, 0.25) is 0 Å². The average Bonchev–Trinajstić information content (AvgIpc) is 2.53. The lowest BCUT2D eigenvalue weighted by Crippen LogP contribution is -2.86. The van der Waals surface area contributed by atoms with Crippen LogP contribution in [0, 0.1) is 0 Å². The molecule has 0 saturated carbocycles. The Morgan fingerprint density at radius 1 is 1.04 bits per heavy atom. The monoisotopic (exact) mass is 311 g/mol. The highest BCUT2D eigenvalue weighted by molar-refractivity contribution is 5.91. The van der Waals surface area contributed by atoms with Crippen molar-refractivity contribution in [1.29, 1.82) is 0 Å². The summed E-state index contributed by atoms with van der Waals surface area (Å²) in [4.78, 5) is 12.1. The summed E-state index contributed by atoms with van der Waals surface area (Å²) in [6.07, 6.45) is 0.